The van der Waals surface area contributed by atoms with Crippen LogP contribution in [0.25, 0.3) is 0 Å². The molecule has 0 amide bonds. The maximum absolute atomic E-state index is 5.59. The van der Waals surface area contributed by atoms with Gasteiger partial charge in [-0.15, -0.1) is 0 Å². The zero-order valence-electron chi connectivity index (χ0n) is 12.4. The molecule has 0 fully saturated rings. The van der Waals surface area contributed by atoms with Crippen molar-refractivity contribution < 1.29 is 9.15 Å². The molecule has 2 heterocycles. The molecule has 0 aliphatic heterocycles. The van der Waals surface area contributed by atoms with Crippen LogP contribution in [0.15, 0.2) is 22.6 Å². The highest BCUT2D eigenvalue weighted by atomic mass is 16.5. The summed E-state index contributed by atoms with van der Waals surface area (Å²) < 4.78 is 11.1. The second kappa shape index (κ2) is 6.41. The molecule has 1 atom stereocenters. The number of aryl methyl sites for hydroxylation is 2. The van der Waals surface area contributed by atoms with E-state index in [-0.39, 0.29) is 6.04 Å². The summed E-state index contributed by atoms with van der Waals surface area (Å²) in [6.45, 7) is 8.58. The predicted molar refractivity (Wildman–Crippen MR) is 78.0 cm³/mol. The van der Waals surface area contributed by atoms with Gasteiger partial charge in [0.05, 0.1) is 12.6 Å². The van der Waals surface area contributed by atoms with Crippen LogP contribution in [0.3, 0.4) is 0 Å². The van der Waals surface area contributed by atoms with E-state index in [1.807, 2.05) is 39.0 Å². The van der Waals surface area contributed by atoms with Gasteiger partial charge in [-0.25, -0.2) is 4.98 Å². The van der Waals surface area contributed by atoms with Crippen LogP contribution >= 0.6 is 0 Å². The molecule has 5 nitrogen and oxygen atoms in total. The topological polar surface area (TPSA) is 60.2 Å². The lowest BCUT2D eigenvalue weighted by Gasteiger charge is -2.13. The Morgan fingerprint density at radius 1 is 1.30 bits per heavy atom. The van der Waals surface area contributed by atoms with E-state index in [0.29, 0.717) is 18.4 Å². The Balaban J connectivity index is 2.10. The number of hydrogen-bond donors (Lipinski definition) is 1. The Morgan fingerprint density at radius 3 is 2.75 bits per heavy atom. The number of rotatable bonds is 6. The van der Waals surface area contributed by atoms with Gasteiger partial charge in [0.15, 0.2) is 0 Å². The molecule has 108 valence electrons. The Labute approximate surface area is 119 Å². The molecule has 0 radical (unpaired) electrons. The van der Waals surface area contributed by atoms with Gasteiger partial charge in [-0.1, -0.05) is 6.92 Å². The minimum Gasteiger partial charge on any atom is -0.478 e. The van der Waals surface area contributed by atoms with Gasteiger partial charge in [0.25, 0.3) is 0 Å². The van der Waals surface area contributed by atoms with Crippen LogP contribution < -0.4 is 10.1 Å². The Hall–Kier alpha value is -2.04. The van der Waals surface area contributed by atoms with Crippen LogP contribution in [0, 0.1) is 13.8 Å². The van der Waals surface area contributed by atoms with Crippen molar-refractivity contribution in [1.29, 1.82) is 0 Å². The molecule has 0 aliphatic carbocycles. The molecule has 20 heavy (non-hydrogen) atoms. The summed E-state index contributed by atoms with van der Waals surface area (Å²) in [4.78, 5) is 8.73. The quantitative estimate of drug-likeness (QED) is 0.872. The maximum atomic E-state index is 5.59. The molecule has 0 aliphatic rings. The molecular weight excluding hydrogens is 254 g/mol. The lowest BCUT2D eigenvalue weighted by Crippen LogP contribution is -2.10. The number of furan rings is 1. The number of aromatic nitrogens is 2. The van der Waals surface area contributed by atoms with E-state index in [0.717, 1.165) is 23.6 Å². The van der Waals surface area contributed by atoms with E-state index in [1.165, 1.54) is 0 Å². The van der Waals surface area contributed by atoms with Crippen molar-refractivity contribution in [3.8, 4) is 5.88 Å². The van der Waals surface area contributed by atoms with Crippen LogP contribution in [0.4, 0.5) is 5.95 Å². The molecule has 1 N–H and O–H groups in total. The molecular formula is C15H21N3O2. The molecule has 2 rings (SSSR count). The van der Waals surface area contributed by atoms with Gasteiger partial charge in [0, 0.05) is 11.8 Å². The van der Waals surface area contributed by atoms with Crippen molar-refractivity contribution in [3.05, 3.63) is 35.4 Å². The van der Waals surface area contributed by atoms with E-state index in [4.69, 9.17) is 9.15 Å². The average molecular weight is 275 g/mol. The Kier molecular flexibility index (Phi) is 4.61. The first kappa shape index (κ1) is 14.4. The number of hydrogen-bond acceptors (Lipinski definition) is 5. The van der Waals surface area contributed by atoms with Crippen molar-refractivity contribution in [2.24, 2.45) is 0 Å². The van der Waals surface area contributed by atoms with E-state index in [1.54, 1.807) is 0 Å². The molecule has 2 aromatic heterocycles. The average Bonchev–Trinajstić information content (AvgIpc) is 2.82. The number of ether oxygens (including phenoxy) is 1. The number of nitrogens with zero attached hydrogens (tertiary/aromatic N) is 2. The summed E-state index contributed by atoms with van der Waals surface area (Å²) in [5.41, 5.74) is 0.872. The SMILES string of the molecule is CCCOc1cc(C)nc(NC(C)c2ccc(C)o2)n1. The van der Waals surface area contributed by atoms with Crippen molar-refractivity contribution in [2.75, 3.05) is 11.9 Å². The number of nitrogens with one attached hydrogen (secondary N) is 1. The third-order valence-electron chi connectivity index (χ3n) is 2.82. The van der Waals surface area contributed by atoms with Crippen LogP contribution in [0.5, 0.6) is 5.88 Å². The smallest absolute Gasteiger partial charge is 0.226 e. The highest BCUT2D eigenvalue weighted by Gasteiger charge is 2.12. The van der Waals surface area contributed by atoms with Gasteiger partial charge in [0.1, 0.15) is 11.5 Å². The van der Waals surface area contributed by atoms with Crippen molar-refractivity contribution in [1.82, 2.24) is 9.97 Å². The zero-order valence-corrected chi connectivity index (χ0v) is 12.4. The summed E-state index contributed by atoms with van der Waals surface area (Å²) in [6.07, 6.45) is 0.952. The zero-order chi connectivity index (χ0) is 14.5. The van der Waals surface area contributed by atoms with Gasteiger partial charge in [-0.3, -0.25) is 0 Å². The summed E-state index contributed by atoms with van der Waals surface area (Å²) in [5.74, 6) is 2.91. The predicted octanol–water partition coefficient (Wildman–Crippen LogP) is 3.65. The van der Waals surface area contributed by atoms with Gasteiger partial charge in [-0.05, 0) is 39.3 Å². The van der Waals surface area contributed by atoms with Gasteiger partial charge >= 0.3 is 0 Å². The van der Waals surface area contributed by atoms with Crippen LogP contribution in [-0.2, 0) is 0 Å². The van der Waals surface area contributed by atoms with Crippen molar-refractivity contribution in [3.63, 3.8) is 0 Å². The number of anilines is 1. The third kappa shape index (κ3) is 3.73. The molecule has 0 spiro atoms. The molecule has 5 heteroatoms. The first-order valence-electron chi connectivity index (χ1n) is 6.90. The lowest BCUT2D eigenvalue weighted by molar-refractivity contribution is 0.304. The standard InChI is InChI=1S/C15H21N3O2/c1-5-8-19-14-9-10(2)16-15(18-14)17-12(4)13-7-6-11(3)20-13/h6-7,9,12H,5,8H2,1-4H3,(H,16,17,18). The third-order valence-corrected chi connectivity index (χ3v) is 2.82. The fraction of sp³-hybridized carbons (Fsp3) is 0.467. The fourth-order valence-corrected chi connectivity index (χ4v) is 1.84. The van der Waals surface area contributed by atoms with Gasteiger partial charge in [0.2, 0.25) is 11.8 Å². The lowest BCUT2D eigenvalue weighted by atomic mass is 10.2. The molecule has 1 unspecified atom stereocenters. The Morgan fingerprint density at radius 2 is 2.10 bits per heavy atom. The van der Waals surface area contributed by atoms with E-state index >= 15 is 0 Å². The van der Waals surface area contributed by atoms with E-state index in [9.17, 15) is 0 Å². The Bertz CT molecular complexity index is 566. The molecule has 0 bridgehead atoms. The summed E-state index contributed by atoms with van der Waals surface area (Å²) in [5, 5.41) is 3.23. The van der Waals surface area contributed by atoms with Crippen LogP contribution in [0.2, 0.25) is 0 Å². The van der Waals surface area contributed by atoms with E-state index < -0.39 is 0 Å². The monoisotopic (exact) mass is 275 g/mol. The van der Waals surface area contributed by atoms with Crippen molar-refractivity contribution in [2.45, 2.75) is 40.2 Å². The largest absolute Gasteiger partial charge is 0.478 e. The first-order valence-corrected chi connectivity index (χ1v) is 6.90. The summed E-state index contributed by atoms with van der Waals surface area (Å²) in [6, 6.07) is 5.74. The fourth-order valence-electron chi connectivity index (χ4n) is 1.84. The maximum Gasteiger partial charge on any atom is 0.226 e. The highest BCUT2D eigenvalue weighted by molar-refractivity contribution is 5.33. The van der Waals surface area contributed by atoms with E-state index in [2.05, 4.69) is 22.2 Å². The highest BCUT2D eigenvalue weighted by Crippen LogP contribution is 2.20. The molecule has 0 saturated heterocycles. The van der Waals surface area contributed by atoms with Gasteiger partial charge in [-0.2, -0.15) is 4.98 Å². The van der Waals surface area contributed by atoms with Crippen LogP contribution in [-0.4, -0.2) is 16.6 Å². The first-order chi connectivity index (χ1) is 9.58. The van der Waals surface area contributed by atoms with Crippen LogP contribution in [0.1, 0.15) is 43.5 Å². The molecule has 0 aromatic carbocycles. The second-order valence-corrected chi connectivity index (χ2v) is 4.83. The summed E-state index contributed by atoms with van der Waals surface area (Å²) >= 11 is 0. The minimum atomic E-state index is 0.00419. The molecule has 2 aromatic rings. The minimum absolute atomic E-state index is 0.00419. The summed E-state index contributed by atoms with van der Waals surface area (Å²) in [7, 11) is 0. The van der Waals surface area contributed by atoms with Crippen molar-refractivity contribution >= 4 is 5.95 Å². The molecule has 0 saturated carbocycles. The normalized spacial score (nSPS) is 12.2. The van der Waals surface area contributed by atoms with Gasteiger partial charge < -0.3 is 14.5 Å². The second-order valence-electron chi connectivity index (χ2n) is 4.83.